The van der Waals surface area contributed by atoms with Crippen LogP contribution in [0.25, 0.3) is 0 Å². The summed E-state index contributed by atoms with van der Waals surface area (Å²) in [5.74, 6) is -0.136. The van der Waals surface area contributed by atoms with Crippen LogP contribution in [0.4, 0.5) is 0 Å². The van der Waals surface area contributed by atoms with Crippen molar-refractivity contribution in [2.24, 2.45) is 0 Å². The van der Waals surface area contributed by atoms with Crippen LogP contribution in [-0.2, 0) is 4.79 Å². The molecule has 4 nitrogen and oxygen atoms in total. The Bertz CT molecular complexity index is 440. The molecule has 92 valence electrons. The molecular formula is C11H12ClNO3S. The number of likely N-dealkylation sites (tertiary alicyclic amines) is 1. The molecule has 1 N–H and O–H groups in total. The summed E-state index contributed by atoms with van der Waals surface area (Å²) < 4.78 is 0.575. The number of amides is 1. The summed E-state index contributed by atoms with van der Waals surface area (Å²) in [5.41, 5.74) is 0. The summed E-state index contributed by atoms with van der Waals surface area (Å²) in [7, 11) is 0. The number of carbonyl (C=O) groups excluding carboxylic acids is 2. The van der Waals surface area contributed by atoms with Crippen LogP contribution in [0.2, 0.25) is 4.34 Å². The summed E-state index contributed by atoms with van der Waals surface area (Å²) in [6, 6.07) is 3.35. The molecule has 1 amide bonds. The van der Waals surface area contributed by atoms with Crippen molar-refractivity contribution in [3.8, 4) is 0 Å². The predicted molar refractivity (Wildman–Crippen MR) is 65.5 cm³/mol. The molecule has 0 aromatic carbocycles. The lowest BCUT2D eigenvalue weighted by molar-refractivity contribution is -0.141. The molecule has 1 aromatic heterocycles. The highest BCUT2D eigenvalue weighted by atomic mass is 35.5. The highest BCUT2D eigenvalue weighted by molar-refractivity contribution is 7.18. The van der Waals surface area contributed by atoms with Crippen molar-refractivity contribution in [1.29, 1.82) is 0 Å². The van der Waals surface area contributed by atoms with Crippen molar-refractivity contribution >= 4 is 34.6 Å². The Balaban J connectivity index is 1.78. The zero-order valence-corrected chi connectivity index (χ0v) is 10.6. The molecular weight excluding hydrogens is 262 g/mol. The molecule has 2 rings (SSSR count). The van der Waals surface area contributed by atoms with Crippen molar-refractivity contribution in [3.63, 3.8) is 0 Å². The molecule has 0 atom stereocenters. The van der Waals surface area contributed by atoms with Gasteiger partial charge in [0.05, 0.1) is 15.3 Å². The standard InChI is InChI=1S/C11H12ClNO3S/c12-10-3-2-9(17-10)8(15)1-4-11(16)13-5-7(14)6-13/h2-3,7,14H,1,4-6H2. The van der Waals surface area contributed by atoms with Crippen LogP contribution in [0.3, 0.4) is 0 Å². The number of aliphatic hydroxyl groups excluding tert-OH is 1. The molecule has 1 aromatic rings. The van der Waals surface area contributed by atoms with Crippen molar-refractivity contribution in [2.75, 3.05) is 13.1 Å². The molecule has 1 aliphatic heterocycles. The van der Waals surface area contributed by atoms with Crippen LogP contribution in [0, 0.1) is 0 Å². The first-order valence-corrected chi connectivity index (χ1v) is 6.50. The number of nitrogens with zero attached hydrogens (tertiary/aromatic N) is 1. The maximum absolute atomic E-state index is 11.7. The molecule has 1 fully saturated rings. The second-order valence-electron chi connectivity index (χ2n) is 3.98. The largest absolute Gasteiger partial charge is 0.389 e. The second-order valence-corrected chi connectivity index (χ2v) is 5.69. The third kappa shape index (κ3) is 3.06. The molecule has 17 heavy (non-hydrogen) atoms. The molecule has 1 saturated heterocycles. The maximum atomic E-state index is 11.7. The quantitative estimate of drug-likeness (QED) is 0.847. The molecule has 2 heterocycles. The highest BCUT2D eigenvalue weighted by Gasteiger charge is 2.28. The summed E-state index contributed by atoms with van der Waals surface area (Å²) in [6.45, 7) is 0.774. The Morgan fingerprint density at radius 1 is 1.41 bits per heavy atom. The lowest BCUT2D eigenvalue weighted by atomic mass is 10.1. The van der Waals surface area contributed by atoms with E-state index in [-0.39, 0.29) is 24.5 Å². The van der Waals surface area contributed by atoms with E-state index in [0.717, 1.165) is 0 Å². The van der Waals surface area contributed by atoms with Crippen molar-refractivity contribution in [3.05, 3.63) is 21.3 Å². The SMILES string of the molecule is O=C(CCC(=O)N1CC(O)C1)c1ccc(Cl)s1. The molecule has 0 aliphatic carbocycles. The van der Waals surface area contributed by atoms with E-state index < -0.39 is 6.10 Å². The monoisotopic (exact) mass is 273 g/mol. The fraction of sp³-hybridized carbons (Fsp3) is 0.455. The van der Waals surface area contributed by atoms with Gasteiger partial charge in [-0.3, -0.25) is 9.59 Å². The minimum absolute atomic E-state index is 0.0590. The Morgan fingerprint density at radius 2 is 2.12 bits per heavy atom. The first-order chi connectivity index (χ1) is 8.06. The predicted octanol–water partition coefficient (Wildman–Crippen LogP) is 1.57. The van der Waals surface area contributed by atoms with Gasteiger partial charge in [-0.15, -0.1) is 11.3 Å². The third-order valence-electron chi connectivity index (χ3n) is 2.63. The van der Waals surface area contributed by atoms with Crippen LogP contribution in [0.15, 0.2) is 12.1 Å². The van der Waals surface area contributed by atoms with E-state index in [9.17, 15) is 9.59 Å². The van der Waals surface area contributed by atoms with Gasteiger partial charge in [-0.2, -0.15) is 0 Å². The Morgan fingerprint density at radius 3 is 2.65 bits per heavy atom. The summed E-state index contributed by atoms with van der Waals surface area (Å²) in [5, 5.41) is 9.05. The van der Waals surface area contributed by atoms with Gasteiger partial charge in [0, 0.05) is 25.9 Å². The van der Waals surface area contributed by atoms with Gasteiger partial charge < -0.3 is 10.0 Å². The zero-order valence-electron chi connectivity index (χ0n) is 9.06. The van der Waals surface area contributed by atoms with Gasteiger partial charge in [-0.1, -0.05) is 11.6 Å². The van der Waals surface area contributed by atoms with Gasteiger partial charge in [0.15, 0.2) is 5.78 Å². The molecule has 0 spiro atoms. The number of rotatable bonds is 4. The second kappa shape index (κ2) is 5.16. The fourth-order valence-electron chi connectivity index (χ4n) is 1.62. The number of β-amino-alcohol motifs (C(OH)–C–C–N with tert-alkyl or cyclic N) is 1. The summed E-state index contributed by atoms with van der Waals surface area (Å²) in [6.07, 6.45) is -0.00524. The maximum Gasteiger partial charge on any atom is 0.223 e. The first-order valence-electron chi connectivity index (χ1n) is 5.30. The van der Waals surface area contributed by atoms with E-state index in [1.54, 1.807) is 17.0 Å². The lowest BCUT2D eigenvalue weighted by Crippen LogP contribution is -2.53. The number of hydrogen-bond acceptors (Lipinski definition) is 4. The minimum atomic E-state index is -0.397. The average molecular weight is 274 g/mol. The Labute approximate surface area is 108 Å². The highest BCUT2D eigenvalue weighted by Crippen LogP contribution is 2.23. The van der Waals surface area contributed by atoms with Crippen molar-refractivity contribution < 1.29 is 14.7 Å². The molecule has 0 saturated carbocycles. The van der Waals surface area contributed by atoms with E-state index in [2.05, 4.69) is 0 Å². The Hall–Kier alpha value is -0.910. The lowest BCUT2D eigenvalue weighted by Gasteiger charge is -2.35. The average Bonchev–Trinajstić information content (AvgIpc) is 2.68. The van der Waals surface area contributed by atoms with E-state index in [0.29, 0.717) is 22.3 Å². The molecule has 6 heteroatoms. The van der Waals surface area contributed by atoms with Crippen LogP contribution in [-0.4, -0.2) is 40.9 Å². The minimum Gasteiger partial charge on any atom is -0.389 e. The van der Waals surface area contributed by atoms with Gasteiger partial charge >= 0.3 is 0 Å². The number of carbonyl (C=O) groups is 2. The van der Waals surface area contributed by atoms with Crippen molar-refractivity contribution in [2.45, 2.75) is 18.9 Å². The van der Waals surface area contributed by atoms with E-state index >= 15 is 0 Å². The van der Waals surface area contributed by atoms with Crippen LogP contribution < -0.4 is 0 Å². The van der Waals surface area contributed by atoms with Gasteiger partial charge in [0.25, 0.3) is 0 Å². The van der Waals surface area contributed by atoms with Gasteiger partial charge in [-0.25, -0.2) is 0 Å². The van der Waals surface area contributed by atoms with E-state index in [1.807, 2.05) is 0 Å². The number of ketones is 1. The van der Waals surface area contributed by atoms with Crippen LogP contribution in [0.1, 0.15) is 22.5 Å². The number of hydrogen-bond donors (Lipinski definition) is 1. The van der Waals surface area contributed by atoms with Crippen molar-refractivity contribution in [1.82, 2.24) is 4.90 Å². The zero-order chi connectivity index (χ0) is 12.4. The number of aliphatic hydroxyl groups is 1. The number of Topliss-reactive ketones (excluding diaryl/α,β-unsaturated/α-hetero) is 1. The smallest absolute Gasteiger partial charge is 0.223 e. The van der Waals surface area contributed by atoms with E-state index in [1.165, 1.54) is 11.3 Å². The summed E-state index contributed by atoms with van der Waals surface area (Å²) in [4.78, 5) is 25.4. The number of thiophene rings is 1. The number of halogens is 1. The van der Waals surface area contributed by atoms with Gasteiger partial charge in [0.1, 0.15) is 0 Å². The van der Waals surface area contributed by atoms with Gasteiger partial charge in [0.2, 0.25) is 5.91 Å². The molecule has 0 radical (unpaired) electrons. The van der Waals surface area contributed by atoms with Gasteiger partial charge in [-0.05, 0) is 12.1 Å². The fourth-order valence-corrected chi connectivity index (χ4v) is 2.64. The molecule has 0 unspecified atom stereocenters. The molecule has 0 bridgehead atoms. The van der Waals surface area contributed by atoms with Crippen LogP contribution in [0.5, 0.6) is 0 Å². The normalized spacial score (nSPS) is 15.8. The Kier molecular flexibility index (Phi) is 3.81. The van der Waals surface area contributed by atoms with Crippen LogP contribution >= 0.6 is 22.9 Å². The topological polar surface area (TPSA) is 57.6 Å². The summed E-state index contributed by atoms with van der Waals surface area (Å²) >= 11 is 6.96. The third-order valence-corrected chi connectivity index (χ3v) is 3.90. The molecule has 1 aliphatic rings. The van der Waals surface area contributed by atoms with E-state index in [4.69, 9.17) is 16.7 Å². The first kappa shape index (κ1) is 12.5.